The first-order valence-electron chi connectivity index (χ1n) is 6.53. The number of amides is 1. The number of nitrogens with one attached hydrogen (secondary N) is 1. The molecule has 0 saturated carbocycles. The summed E-state index contributed by atoms with van der Waals surface area (Å²) in [6.45, 7) is 2.33. The topological polar surface area (TPSA) is 77.5 Å². The van der Waals surface area contributed by atoms with Crippen LogP contribution in [0.4, 0.5) is 0 Å². The minimum absolute atomic E-state index is 0.183. The highest BCUT2D eigenvalue weighted by Crippen LogP contribution is 2.17. The first-order valence-corrected chi connectivity index (χ1v) is 6.53. The number of hydrogen-bond donors (Lipinski definition) is 2. The standard InChI is InChI=1S/C15H18N2O3/c1-2-3-11-4-6-12(7-5-11)20-10-14-13(8-9-19-14)15(18)17-16/h4-9H,2-3,10,16H2,1H3,(H,17,18). The minimum atomic E-state index is -0.393. The van der Waals surface area contributed by atoms with E-state index in [0.717, 1.165) is 18.6 Å². The number of carbonyl (C=O) groups is 1. The molecule has 0 atom stereocenters. The maximum atomic E-state index is 11.5. The number of hydrazine groups is 1. The predicted octanol–water partition coefficient (Wildman–Crippen LogP) is 2.41. The Hall–Kier alpha value is -2.27. The van der Waals surface area contributed by atoms with E-state index in [-0.39, 0.29) is 6.61 Å². The maximum absolute atomic E-state index is 11.5. The van der Waals surface area contributed by atoms with Crippen LogP contribution in [-0.2, 0) is 13.0 Å². The Labute approximate surface area is 117 Å². The van der Waals surface area contributed by atoms with E-state index in [2.05, 4.69) is 12.3 Å². The van der Waals surface area contributed by atoms with E-state index >= 15 is 0 Å². The summed E-state index contributed by atoms with van der Waals surface area (Å²) in [6.07, 6.45) is 3.61. The Morgan fingerprint density at radius 2 is 2.05 bits per heavy atom. The number of nitrogen functional groups attached to an aromatic ring is 1. The molecule has 0 bridgehead atoms. The zero-order chi connectivity index (χ0) is 14.4. The Morgan fingerprint density at radius 3 is 2.70 bits per heavy atom. The Morgan fingerprint density at radius 1 is 1.30 bits per heavy atom. The van der Waals surface area contributed by atoms with Crippen molar-refractivity contribution in [2.24, 2.45) is 5.84 Å². The van der Waals surface area contributed by atoms with Crippen LogP contribution in [0.5, 0.6) is 5.75 Å². The van der Waals surface area contributed by atoms with Crippen molar-refractivity contribution >= 4 is 5.91 Å². The number of ether oxygens (including phenoxy) is 1. The summed E-state index contributed by atoms with van der Waals surface area (Å²) in [7, 11) is 0. The van der Waals surface area contributed by atoms with Gasteiger partial charge >= 0.3 is 0 Å². The molecule has 1 amide bonds. The van der Waals surface area contributed by atoms with Crippen LogP contribution >= 0.6 is 0 Å². The zero-order valence-corrected chi connectivity index (χ0v) is 11.4. The molecule has 0 aliphatic heterocycles. The first kappa shape index (κ1) is 14.1. The van der Waals surface area contributed by atoms with Gasteiger partial charge in [-0.2, -0.15) is 0 Å². The van der Waals surface area contributed by atoms with Crippen molar-refractivity contribution in [3.63, 3.8) is 0 Å². The lowest BCUT2D eigenvalue weighted by atomic mass is 10.1. The van der Waals surface area contributed by atoms with Crippen LogP contribution in [0.2, 0.25) is 0 Å². The summed E-state index contributed by atoms with van der Waals surface area (Å²) in [6, 6.07) is 9.46. The van der Waals surface area contributed by atoms with Gasteiger partial charge in [-0.05, 0) is 30.2 Å². The van der Waals surface area contributed by atoms with Crippen LogP contribution in [0.1, 0.15) is 35.0 Å². The summed E-state index contributed by atoms with van der Waals surface area (Å²) >= 11 is 0. The third-order valence-electron chi connectivity index (χ3n) is 2.95. The van der Waals surface area contributed by atoms with Gasteiger partial charge in [0.15, 0.2) is 5.76 Å². The second-order valence-corrected chi connectivity index (χ2v) is 4.41. The van der Waals surface area contributed by atoms with Crippen molar-refractivity contribution in [3.05, 3.63) is 53.5 Å². The van der Waals surface area contributed by atoms with Gasteiger partial charge in [0.1, 0.15) is 12.4 Å². The quantitative estimate of drug-likeness (QED) is 0.482. The van der Waals surface area contributed by atoms with Gasteiger partial charge in [0.25, 0.3) is 5.91 Å². The number of furan rings is 1. The van der Waals surface area contributed by atoms with Gasteiger partial charge in [0, 0.05) is 0 Å². The lowest BCUT2D eigenvalue weighted by molar-refractivity contribution is 0.0949. The molecule has 1 aromatic carbocycles. The third kappa shape index (κ3) is 3.39. The Balaban J connectivity index is 1.98. The van der Waals surface area contributed by atoms with Crippen LogP contribution in [0.3, 0.4) is 0 Å². The lowest BCUT2D eigenvalue weighted by Gasteiger charge is -2.06. The fourth-order valence-corrected chi connectivity index (χ4v) is 1.92. The molecule has 20 heavy (non-hydrogen) atoms. The SMILES string of the molecule is CCCc1ccc(OCc2occc2C(=O)NN)cc1. The Kier molecular flexibility index (Phi) is 4.79. The smallest absolute Gasteiger partial charge is 0.268 e. The van der Waals surface area contributed by atoms with Crippen LogP contribution < -0.4 is 16.0 Å². The molecule has 5 nitrogen and oxygen atoms in total. The van der Waals surface area contributed by atoms with Crippen molar-refractivity contribution < 1.29 is 13.9 Å². The highest BCUT2D eigenvalue weighted by molar-refractivity contribution is 5.94. The molecule has 0 fully saturated rings. The molecule has 106 valence electrons. The summed E-state index contributed by atoms with van der Waals surface area (Å²) < 4.78 is 10.8. The molecule has 0 saturated heterocycles. The zero-order valence-electron chi connectivity index (χ0n) is 11.4. The largest absolute Gasteiger partial charge is 0.486 e. The van der Waals surface area contributed by atoms with E-state index in [4.69, 9.17) is 15.0 Å². The van der Waals surface area contributed by atoms with Crippen molar-refractivity contribution in [3.8, 4) is 5.75 Å². The van der Waals surface area contributed by atoms with Gasteiger partial charge in [-0.15, -0.1) is 0 Å². The third-order valence-corrected chi connectivity index (χ3v) is 2.95. The summed E-state index contributed by atoms with van der Waals surface area (Å²) in [5.41, 5.74) is 3.74. The van der Waals surface area contributed by atoms with E-state index in [1.54, 1.807) is 6.07 Å². The summed E-state index contributed by atoms with van der Waals surface area (Å²) in [5, 5.41) is 0. The number of aryl methyl sites for hydroxylation is 1. The second-order valence-electron chi connectivity index (χ2n) is 4.41. The van der Waals surface area contributed by atoms with Crippen molar-refractivity contribution in [2.75, 3.05) is 0 Å². The molecular weight excluding hydrogens is 256 g/mol. The van der Waals surface area contributed by atoms with E-state index in [9.17, 15) is 4.79 Å². The van der Waals surface area contributed by atoms with Crippen molar-refractivity contribution in [2.45, 2.75) is 26.4 Å². The second kappa shape index (κ2) is 6.77. The molecular formula is C15H18N2O3. The van der Waals surface area contributed by atoms with Crippen molar-refractivity contribution in [1.29, 1.82) is 0 Å². The molecule has 0 aliphatic carbocycles. The predicted molar refractivity (Wildman–Crippen MR) is 75.1 cm³/mol. The van der Waals surface area contributed by atoms with Crippen LogP contribution in [0.15, 0.2) is 41.0 Å². The fourth-order valence-electron chi connectivity index (χ4n) is 1.92. The monoisotopic (exact) mass is 274 g/mol. The minimum Gasteiger partial charge on any atom is -0.486 e. The van der Waals surface area contributed by atoms with Crippen LogP contribution in [0, 0.1) is 0 Å². The number of hydrogen-bond acceptors (Lipinski definition) is 4. The fraction of sp³-hybridized carbons (Fsp3) is 0.267. The van der Waals surface area contributed by atoms with Gasteiger partial charge in [-0.1, -0.05) is 25.5 Å². The molecule has 2 rings (SSSR count). The van der Waals surface area contributed by atoms with Gasteiger partial charge in [-0.3, -0.25) is 10.2 Å². The molecule has 1 heterocycles. The number of nitrogens with two attached hydrogens (primary N) is 1. The van der Waals surface area contributed by atoms with Gasteiger partial charge < -0.3 is 9.15 Å². The maximum Gasteiger partial charge on any atom is 0.268 e. The molecule has 3 N–H and O–H groups in total. The molecule has 5 heteroatoms. The molecule has 0 unspecified atom stereocenters. The highest BCUT2D eigenvalue weighted by Gasteiger charge is 2.13. The van der Waals surface area contributed by atoms with Gasteiger partial charge in [0.2, 0.25) is 0 Å². The average Bonchev–Trinajstić information content (AvgIpc) is 2.94. The molecule has 1 aromatic heterocycles. The number of benzene rings is 1. The number of carbonyl (C=O) groups excluding carboxylic acids is 1. The lowest BCUT2D eigenvalue weighted by Crippen LogP contribution is -2.30. The average molecular weight is 274 g/mol. The van der Waals surface area contributed by atoms with Crippen LogP contribution in [-0.4, -0.2) is 5.91 Å². The van der Waals surface area contributed by atoms with Gasteiger partial charge in [-0.25, -0.2) is 5.84 Å². The summed E-state index contributed by atoms with van der Waals surface area (Å²) in [4.78, 5) is 11.5. The van der Waals surface area contributed by atoms with Gasteiger partial charge in [0.05, 0.1) is 11.8 Å². The van der Waals surface area contributed by atoms with E-state index in [1.807, 2.05) is 24.3 Å². The molecule has 0 aliphatic rings. The first-order chi connectivity index (χ1) is 9.74. The number of rotatable bonds is 6. The van der Waals surface area contributed by atoms with E-state index in [0.29, 0.717) is 11.3 Å². The van der Waals surface area contributed by atoms with E-state index < -0.39 is 5.91 Å². The normalized spacial score (nSPS) is 10.3. The highest BCUT2D eigenvalue weighted by atomic mass is 16.5. The molecule has 0 spiro atoms. The molecule has 0 radical (unpaired) electrons. The Bertz CT molecular complexity index is 561. The summed E-state index contributed by atoms with van der Waals surface area (Å²) in [5.74, 6) is 5.90. The van der Waals surface area contributed by atoms with E-state index in [1.165, 1.54) is 11.8 Å². The van der Waals surface area contributed by atoms with Crippen LogP contribution in [0.25, 0.3) is 0 Å². The van der Waals surface area contributed by atoms with Crippen molar-refractivity contribution in [1.82, 2.24) is 5.43 Å². The molecule has 2 aromatic rings.